The molecule has 0 radical (unpaired) electrons. The second-order valence-electron chi connectivity index (χ2n) is 4.47. The van der Waals surface area contributed by atoms with Crippen LogP contribution in [0.2, 0.25) is 15.1 Å². The average Bonchev–Trinajstić information content (AvgIpc) is 2.51. The van der Waals surface area contributed by atoms with Gasteiger partial charge in [0, 0.05) is 16.6 Å². The molecule has 0 amide bonds. The maximum absolute atomic E-state index is 12.2. The van der Waals surface area contributed by atoms with Gasteiger partial charge in [-0.05, 0) is 36.4 Å². The molecule has 0 atom stereocenters. The summed E-state index contributed by atoms with van der Waals surface area (Å²) in [6, 6.07) is 11.5. The maximum atomic E-state index is 12.2. The van der Waals surface area contributed by atoms with E-state index in [1.165, 1.54) is 12.1 Å². The van der Waals surface area contributed by atoms with E-state index in [1.807, 2.05) is 0 Å². The largest absolute Gasteiger partial charge is 0.419 e. The first-order valence-corrected chi connectivity index (χ1v) is 7.40. The zero-order valence-corrected chi connectivity index (χ0v) is 13.3. The molecule has 0 N–H and O–H groups in total. The van der Waals surface area contributed by atoms with Crippen LogP contribution >= 0.6 is 34.8 Å². The van der Waals surface area contributed by atoms with E-state index >= 15 is 0 Å². The number of rotatable bonds is 2. The van der Waals surface area contributed by atoms with Crippen molar-refractivity contribution in [3.8, 4) is 5.75 Å². The SMILES string of the molecule is O=C(Oc1c(Cl)cc(Cl)c2cccnc12)c1cccc(Cl)c1. The first kappa shape index (κ1) is 15.1. The van der Waals surface area contributed by atoms with Gasteiger partial charge in [-0.2, -0.15) is 0 Å². The highest BCUT2D eigenvalue weighted by atomic mass is 35.5. The fourth-order valence-corrected chi connectivity index (χ4v) is 2.76. The fraction of sp³-hybridized carbons (Fsp3) is 0. The topological polar surface area (TPSA) is 39.2 Å². The molecule has 2 aromatic carbocycles. The van der Waals surface area contributed by atoms with Gasteiger partial charge in [0.25, 0.3) is 0 Å². The Morgan fingerprint density at radius 3 is 2.59 bits per heavy atom. The Kier molecular flexibility index (Phi) is 4.21. The molecule has 3 nitrogen and oxygen atoms in total. The number of nitrogens with zero attached hydrogens (tertiary/aromatic N) is 1. The van der Waals surface area contributed by atoms with Gasteiger partial charge in [0.15, 0.2) is 5.75 Å². The summed E-state index contributed by atoms with van der Waals surface area (Å²) in [5, 5.41) is 1.75. The number of aromatic nitrogens is 1. The number of hydrogen-bond acceptors (Lipinski definition) is 3. The number of fused-ring (bicyclic) bond motifs is 1. The van der Waals surface area contributed by atoms with E-state index in [-0.39, 0.29) is 10.8 Å². The van der Waals surface area contributed by atoms with Crippen LogP contribution in [0.4, 0.5) is 0 Å². The summed E-state index contributed by atoms with van der Waals surface area (Å²) in [5.74, 6) is -0.398. The van der Waals surface area contributed by atoms with Gasteiger partial charge in [-0.25, -0.2) is 4.79 Å². The molecule has 1 aromatic heterocycles. The molecule has 0 aliphatic rings. The quantitative estimate of drug-likeness (QED) is 0.457. The number of hydrogen-bond donors (Lipinski definition) is 0. The molecular weight excluding hydrogens is 345 g/mol. The zero-order chi connectivity index (χ0) is 15.7. The number of esters is 1. The van der Waals surface area contributed by atoms with Crippen molar-refractivity contribution in [1.82, 2.24) is 4.98 Å². The average molecular weight is 353 g/mol. The van der Waals surface area contributed by atoms with E-state index in [4.69, 9.17) is 39.5 Å². The van der Waals surface area contributed by atoms with Gasteiger partial charge >= 0.3 is 5.97 Å². The Morgan fingerprint density at radius 2 is 1.82 bits per heavy atom. The van der Waals surface area contributed by atoms with Gasteiger partial charge in [-0.15, -0.1) is 0 Å². The molecule has 0 fully saturated rings. The minimum atomic E-state index is -0.571. The summed E-state index contributed by atoms with van der Waals surface area (Å²) in [4.78, 5) is 16.4. The summed E-state index contributed by atoms with van der Waals surface area (Å²) >= 11 is 18.1. The molecule has 22 heavy (non-hydrogen) atoms. The van der Waals surface area contributed by atoms with Gasteiger partial charge < -0.3 is 4.74 Å². The minimum absolute atomic E-state index is 0.173. The lowest BCUT2D eigenvalue weighted by atomic mass is 10.2. The third-order valence-corrected chi connectivity index (χ3v) is 3.83. The molecule has 0 aliphatic heterocycles. The third kappa shape index (κ3) is 2.88. The number of halogens is 3. The molecule has 1 heterocycles. The Bertz CT molecular complexity index is 880. The van der Waals surface area contributed by atoms with E-state index < -0.39 is 5.97 Å². The smallest absolute Gasteiger partial charge is 0.343 e. The van der Waals surface area contributed by atoms with Crippen molar-refractivity contribution >= 4 is 51.7 Å². The van der Waals surface area contributed by atoms with Crippen molar-refractivity contribution in [2.24, 2.45) is 0 Å². The second-order valence-corrected chi connectivity index (χ2v) is 5.72. The molecule has 0 bridgehead atoms. The van der Waals surface area contributed by atoms with Gasteiger partial charge in [0.05, 0.1) is 15.6 Å². The van der Waals surface area contributed by atoms with Crippen molar-refractivity contribution in [3.05, 3.63) is 69.3 Å². The van der Waals surface area contributed by atoms with Crippen molar-refractivity contribution in [3.63, 3.8) is 0 Å². The van der Waals surface area contributed by atoms with Crippen molar-refractivity contribution in [2.45, 2.75) is 0 Å². The van der Waals surface area contributed by atoms with Gasteiger partial charge in [-0.3, -0.25) is 4.98 Å². The summed E-state index contributed by atoms with van der Waals surface area (Å²) < 4.78 is 5.40. The first-order valence-electron chi connectivity index (χ1n) is 6.27. The van der Waals surface area contributed by atoms with Crippen LogP contribution in [-0.2, 0) is 0 Å². The highest BCUT2D eigenvalue weighted by Crippen LogP contribution is 2.37. The molecule has 0 saturated heterocycles. The van der Waals surface area contributed by atoms with Crippen molar-refractivity contribution < 1.29 is 9.53 Å². The molecular formula is C16H8Cl3NO2. The zero-order valence-electron chi connectivity index (χ0n) is 11.0. The second kappa shape index (κ2) is 6.13. The molecule has 3 aromatic rings. The highest BCUT2D eigenvalue weighted by molar-refractivity contribution is 6.39. The Hall–Kier alpha value is -1.81. The Morgan fingerprint density at radius 1 is 1.00 bits per heavy atom. The molecule has 0 unspecified atom stereocenters. The Balaban J connectivity index is 2.06. The third-order valence-electron chi connectivity index (χ3n) is 3.01. The van der Waals surface area contributed by atoms with E-state index in [0.29, 0.717) is 26.5 Å². The van der Waals surface area contributed by atoms with Gasteiger partial charge in [-0.1, -0.05) is 40.9 Å². The van der Waals surface area contributed by atoms with Crippen LogP contribution in [0, 0.1) is 0 Å². The minimum Gasteiger partial charge on any atom is -0.419 e. The number of ether oxygens (including phenoxy) is 1. The van der Waals surface area contributed by atoms with Crippen LogP contribution in [0.5, 0.6) is 5.75 Å². The summed E-state index contributed by atoms with van der Waals surface area (Å²) in [5.41, 5.74) is 0.748. The molecule has 3 rings (SSSR count). The molecule has 0 aliphatic carbocycles. The predicted molar refractivity (Wildman–Crippen MR) is 88.2 cm³/mol. The molecule has 110 valence electrons. The van der Waals surface area contributed by atoms with Crippen LogP contribution < -0.4 is 4.74 Å². The molecule has 0 saturated carbocycles. The lowest BCUT2D eigenvalue weighted by Gasteiger charge is -2.10. The van der Waals surface area contributed by atoms with Crippen LogP contribution in [-0.4, -0.2) is 11.0 Å². The van der Waals surface area contributed by atoms with E-state index in [1.54, 1.807) is 36.5 Å². The fourth-order valence-electron chi connectivity index (χ4n) is 2.01. The summed E-state index contributed by atoms with van der Waals surface area (Å²) in [7, 11) is 0. The van der Waals surface area contributed by atoms with Crippen LogP contribution in [0.3, 0.4) is 0 Å². The normalized spacial score (nSPS) is 10.7. The predicted octanol–water partition coefficient (Wildman–Crippen LogP) is 5.41. The number of benzene rings is 2. The van der Waals surface area contributed by atoms with E-state index in [9.17, 15) is 4.79 Å². The van der Waals surface area contributed by atoms with E-state index in [0.717, 1.165) is 0 Å². The first-order chi connectivity index (χ1) is 10.6. The number of carbonyl (C=O) groups excluding carboxylic acids is 1. The van der Waals surface area contributed by atoms with Gasteiger partial charge in [0.2, 0.25) is 0 Å². The summed E-state index contributed by atoms with van der Waals surface area (Å²) in [6.07, 6.45) is 1.58. The molecule has 0 spiro atoms. The Labute approximate surface area is 141 Å². The van der Waals surface area contributed by atoms with Gasteiger partial charge in [0.1, 0.15) is 5.52 Å². The standard InChI is InChI=1S/C16H8Cl3NO2/c17-10-4-1-3-9(7-10)16(21)22-15-13(19)8-12(18)11-5-2-6-20-14(11)15/h1-8H. The number of carbonyl (C=O) groups is 1. The van der Waals surface area contributed by atoms with Crippen LogP contribution in [0.1, 0.15) is 10.4 Å². The van der Waals surface area contributed by atoms with Crippen LogP contribution in [0.25, 0.3) is 10.9 Å². The monoisotopic (exact) mass is 351 g/mol. The lowest BCUT2D eigenvalue weighted by Crippen LogP contribution is -2.09. The number of pyridine rings is 1. The van der Waals surface area contributed by atoms with E-state index in [2.05, 4.69) is 4.98 Å². The molecule has 6 heteroatoms. The highest BCUT2D eigenvalue weighted by Gasteiger charge is 2.17. The lowest BCUT2D eigenvalue weighted by molar-refractivity contribution is 0.0737. The van der Waals surface area contributed by atoms with Crippen LogP contribution in [0.15, 0.2) is 48.7 Å². The summed E-state index contributed by atoms with van der Waals surface area (Å²) in [6.45, 7) is 0. The van der Waals surface area contributed by atoms with Crippen molar-refractivity contribution in [1.29, 1.82) is 0 Å². The van der Waals surface area contributed by atoms with Crippen molar-refractivity contribution in [2.75, 3.05) is 0 Å². The maximum Gasteiger partial charge on any atom is 0.343 e.